The van der Waals surface area contributed by atoms with Crippen molar-refractivity contribution in [1.29, 1.82) is 5.26 Å². The van der Waals surface area contributed by atoms with E-state index in [4.69, 9.17) is 4.28 Å². The standard InChI is InChI=1S/C28H32N2O3S2/c1-17(2)21-14-23(18(3)4)28(24(15-21)19(5)6)35(31,32)33-30-27-13-12-26(34-27)25(16-29)22-11-9-8-10-20(22)7/h8-15,17-19H,1-7H3. The van der Waals surface area contributed by atoms with Crippen molar-refractivity contribution in [3.05, 3.63) is 81.3 Å². The Bertz CT molecular complexity index is 1330. The highest BCUT2D eigenvalue weighted by molar-refractivity contribution is 8.18. The first kappa shape index (κ1) is 26.8. The van der Waals surface area contributed by atoms with Gasteiger partial charge in [0.15, 0.2) is 0 Å². The van der Waals surface area contributed by atoms with Crippen LogP contribution in [-0.4, -0.2) is 13.5 Å². The van der Waals surface area contributed by atoms with Gasteiger partial charge in [0.2, 0.25) is 0 Å². The number of allylic oxidation sites excluding steroid dienone is 2. The van der Waals surface area contributed by atoms with E-state index < -0.39 is 10.1 Å². The number of nitrogens with zero attached hydrogens (tertiary/aromatic N) is 2. The normalized spacial score (nSPS) is 16.4. The largest absolute Gasteiger partial charge is 0.359 e. The van der Waals surface area contributed by atoms with Crippen LogP contribution in [0.3, 0.4) is 0 Å². The molecule has 0 fully saturated rings. The molecular weight excluding hydrogens is 476 g/mol. The third-order valence-electron chi connectivity index (χ3n) is 5.92. The lowest BCUT2D eigenvalue weighted by atomic mass is 9.89. The molecule has 0 spiro atoms. The van der Waals surface area contributed by atoms with E-state index in [1.807, 2.05) is 71.0 Å². The molecule has 0 saturated heterocycles. The monoisotopic (exact) mass is 508 g/mol. The second-order valence-corrected chi connectivity index (χ2v) is 12.1. The second kappa shape index (κ2) is 10.8. The fourth-order valence-electron chi connectivity index (χ4n) is 3.91. The van der Waals surface area contributed by atoms with Crippen LogP contribution in [0.2, 0.25) is 0 Å². The van der Waals surface area contributed by atoms with Crippen LogP contribution in [-0.2, 0) is 14.4 Å². The third-order valence-corrected chi connectivity index (χ3v) is 8.14. The van der Waals surface area contributed by atoms with Gasteiger partial charge in [-0.05, 0) is 64.6 Å². The second-order valence-electron chi connectivity index (χ2n) is 9.55. The van der Waals surface area contributed by atoms with Crippen LogP contribution < -0.4 is 0 Å². The predicted octanol–water partition coefficient (Wildman–Crippen LogP) is 7.62. The number of oxime groups is 1. The highest BCUT2D eigenvalue weighted by Gasteiger charge is 2.29. The van der Waals surface area contributed by atoms with Gasteiger partial charge in [0, 0.05) is 4.91 Å². The highest BCUT2D eigenvalue weighted by atomic mass is 32.2. The van der Waals surface area contributed by atoms with Gasteiger partial charge in [-0.25, -0.2) is 0 Å². The van der Waals surface area contributed by atoms with Gasteiger partial charge in [0.25, 0.3) is 0 Å². The molecule has 35 heavy (non-hydrogen) atoms. The molecule has 0 aromatic heterocycles. The van der Waals surface area contributed by atoms with E-state index in [0.29, 0.717) is 15.5 Å². The zero-order valence-electron chi connectivity index (χ0n) is 21.3. The summed E-state index contributed by atoms with van der Waals surface area (Å²) in [6, 6.07) is 13.9. The van der Waals surface area contributed by atoms with E-state index in [1.165, 1.54) is 11.8 Å². The smallest absolute Gasteiger partial charge is 0.264 e. The maximum absolute atomic E-state index is 13.4. The van der Waals surface area contributed by atoms with E-state index in [9.17, 15) is 13.7 Å². The van der Waals surface area contributed by atoms with E-state index in [1.54, 1.807) is 12.2 Å². The molecule has 3 rings (SSSR count). The van der Waals surface area contributed by atoms with E-state index in [0.717, 1.165) is 27.8 Å². The minimum Gasteiger partial charge on any atom is -0.264 e. The van der Waals surface area contributed by atoms with Gasteiger partial charge in [0.05, 0.1) is 5.57 Å². The number of nitriles is 1. The number of rotatable bonds is 7. The summed E-state index contributed by atoms with van der Waals surface area (Å²) >= 11 is 1.22. The summed E-state index contributed by atoms with van der Waals surface area (Å²) < 4.78 is 32.1. The Morgan fingerprint density at radius 2 is 1.57 bits per heavy atom. The van der Waals surface area contributed by atoms with Crippen LogP contribution >= 0.6 is 11.8 Å². The molecular formula is C28H32N2O3S2. The van der Waals surface area contributed by atoms with Crippen LogP contribution in [0.5, 0.6) is 0 Å². The molecule has 0 radical (unpaired) electrons. The van der Waals surface area contributed by atoms with Crippen LogP contribution in [0.4, 0.5) is 0 Å². The topological polar surface area (TPSA) is 79.5 Å². The number of aryl methyl sites for hydroxylation is 1. The average Bonchev–Trinajstić information content (AvgIpc) is 3.27. The van der Waals surface area contributed by atoms with Crippen molar-refractivity contribution < 1.29 is 12.7 Å². The third kappa shape index (κ3) is 5.88. The molecule has 5 nitrogen and oxygen atoms in total. The van der Waals surface area contributed by atoms with Gasteiger partial charge in [-0.15, -0.1) is 0 Å². The van der Waals surface area contributed by atoms with Crippen molar-refractivity contribution in [3.63, 3.8) is 0 Å². The van der Waals surface area contributed by atoms with Crippen molar-refractivity contribution in [2.45, 2.75) is 71.1 Å². The molecule has 0 bridgehead atoms. The van der Waals surface area contributed by atoms with Gasteiger partial charge in [-0.1, -0.05) is 94.9 Å². The first-order chi connectivity index (χ1) is 16.5. The van der Waals surface area contributed by atoms with Crippen molar-refractivity contribution in [2.75, 3.05) is 0 Å². The summed E-state index contributed by atoms with van der Waals surface area (Å²) in [5.74, 6) is 0.264. The van der Waals surface area contributed by atoms with Crippen LogP contribution in [0.25, 0.3) is 5.57 Å². The number of benzene rings is 2. The van der Waals surface area contributed by atoms with Crippen LogP contribution in [0.15, 0.2) is 63.5 Å². The summed E-state index contributed by atoms with van der Waals surface area (Å²) in [6.45, 7) is 14.1. The maximum atomic E-state index is 13.4. The van der Waals surface area contributed by atoms with E-state index >= 15 is 0 Å². The number of thioether (sulfide) groups is 1. The summed E-state index contributed by atoms with van der Waals surface area (Å²) in [5, 5.41) is 14.1. The highest BCUT2D eigenvalue weighted by Crippen LogP contribution is 2.38. The average molecular weight is 509 g/mol. The summed E-state index contributed by atoms with van der Waals surface area (Å²) in [5.41, 5.74) is 4.92. The molecule has 2 aromatic rings. The number of hydrogen-bond donors (Lipinski definition) is 0. The molecule has 0 amide bonds. The molecule has 7 heteroatoms. The van der Waals surface area contributed by atoms with Crippen molar-refractivity contribution >= 4 is 32.5 Å². The maximum Gasteiger partial charge on any atom is 0.359 e. The van der Waals surface area contributed by atoms with Crippen LogP contribution in [0, 0.1) is 18.3 Å². The minimum atomic E-state index is -4.16. The molecule has 1 heterocycles. The van der Waals surface area contributed by atoms with E-state index in [-0.39, 0.29) is 22.6 Å². The van der Waals surface area contributed by atoms with Gasteiger partial charge >= 0.3 is 10.1 Å². The zero-order valence-corrected chi connectivity index (χ0v) is 22.9. The molecule has 1 aliphatic heterocycles. The molecule has 1 aliphatic rings. The minimum absolute atomic E-state index is 0.00480. The Balaban J connectivity index is 1.98. The lowest BCUT2D eigenvalue weighted by molar-refractivity contribution is 0.339. The fraction of sp³-hybridized carbons (Fsp3) is 0.357. The zero-order chi connectivity index (χ0) is 25.9. The lowest BCUT2D eigenvalue weighted by Crippen LogP contribution is -2.13. The summed E-state index contributed by atoms with van der Waals surface area (Å²) in [4.78, 5) is 0.908. The Morgan fingerprint density at radius 3 is 2.09 bits per heavy atom. The first-order valence-electron chi connectivity index (χ1n) is 11.7. The molecule has 0 unspecified atom stereocenters. The van der Waals surface area contributed by atoms with E-state index in [2.05, 4.69) is 25.1 Å². The predicted molar refractivity (Wildman–Crippen MR) is 145 cm³/mol. The quantitative estimate of drug-likeness (QED) is 0.284. The number of hydrogen-bond acceptors (Lipinski definition) is 6. The Kier molecular flexibility index (Phi) is 8.30. The molecule has 0 N–H and O–H groups in total. The van der Waals surface area contributed by atoms with Crippen molar-refractivity contribution in [2.24, 2.45) is 5.16 Å². The molecule has 2 aromatic carbocycles. The Morgan fingerprint density at radius 1 is 0.971 bits per heavy atom. The van der Waals surface area contributed by atoms with Gasteiger partial charge in [-0.2, -0.15) is 13.7 Å². The summed E-state index contributed by atoms with van der Waals surface area (Å²) in [6.07, 6.45) is 3.43. The van der Waals surface area contributed by atoms with Crippen LogP contribution in [0.1, 0.15) is 87.1 Å². The molecule has 184 valence electrons. The van der Waals surface area contributed by atoms with Crippen molar-refractivity contribution in [1.82, 2.24) is 0 Å². The molecule has 0 saturated carbocycles. The SMILES string of the molecule is Cc1ccccc1C(C#N)=C1C=CC(=NOS(=O)(=O)c2c(C(C)C)cc(C(C)C)cc2C(C)C)S1. The van der Waals surface area contributed by atoms with Gasteiger partial charge < -0.3 is 0 Å². The summed E-state index contributed by atoms with van der Waals surface area (Å²) in [7, 11) is -4.16. The fourth-order valence-corrected chi connectivity index (χ4v) is 6.21. The van der Waals surface area contributed by atoms with Crippen molar-refractivity contribution in [3.8, 4) is 6.07 Å². The lowest BCUT2D eigenvalue weighted by Gasteiger charge is -2.21. The molecule has 0 atom stereocenters. The Labute approximate surface area is 213 Å². The molecule has 0 aliphatic carbocycles. The van der Waals surface area contributed by atoms with Gasteiger partial charge in [0.1, 0.15) is 16.0 Å². The first-order valence-corrected chi connectivity index (χ1v) is 13.9. The Hall–Kier alpha value is -2.82. The van der Waals surface area contributed by atoms with Gasteiger partial charge in [-0.3, -0.25) is 4.28 Å².